The number of anilines is 1. The first kappa shape index (κ1) is 22.5. The lowest BCUT2D eigenvalue weighted by atomic mass is 9.77. The van der Waals surface area contributed by atoms with Crippen molar-refractivity contribution in [2.24, 2.45) is 5.92 Å². The Balaban J connectivity index is 1.58. The molecule has 3 aliphatic rings. The number of rotatable bonds is 3. The summed E-state index contributed by atoms with van der Waals surface area (Å²) in [5, 5.41) is 7.94. The molecule has 2 aromatic carbocycles. The number of fused-ring (bicyclic) bond motifs is 4. The largest absolute Gasteiger partial charge is 0.467 e. The third kappa shape index (κ3) is 3.87. The van der Waals surface area contributed by atoms with Gasteiger partial charge in [-0.1, -0.05) is 48.6 Å². The zero-order chi connectivity index (χ0) is 23.3. The van der Waals surface area contributed by atoms with Crippen molar-refractivity contribution in [1.82, 2.24) is 10.2 Å². The number of carbonyl (C=O) groups excluding carboxylic acids is 1. The highest BCUT2D eigenvalue weighted by Crippen LogP contribution is 2.50. The van der Waals surface area contributed by atoms with Crippen LogP contribution in [-0.4, -0.2) is 27.7 Å². The lowest BCUT2D eigenvalue weighted by molar-refractivity contribution is -0.156. The highest BCUT2D eigenvalue weighted by Gasteiger charge is 2.60. The molecule has 5 nitrogen and oxygen atoms in total. The van der Waals surface area contributed by atoms with Gasteiger partial charge in [0.05, 0.1) is 6.04 Å². The SMILES string of the molecule is Cc1ccc(NC(=O)C2C3NC(=S)N(C4CCCCC4)C2(C)Oc2ccc(Cl)cc23)c(C)c1. The summed E-state index contributed by atoms with van der Waals surface area (Å²) in [6, 6.07) is 11.6. The molecule has 2 N–H and O–H groups in total. The summed E-state index contributed by atoms with van der Waals surface area (Å²) in [6.07, 6.45) is 5.65. The van der Waals surface area contributed by atoms with E-state index < -0.39 is 11.6 Å². The predicted octanol–water partition coefficient (Wildman–Crippen LogP) is 5.88. The molecule has 0 aromatic heterocycles. The first-order valence-corrected chi connectivity index (χ1v) is 12.5. The number of hydrogen-bond donors (Lipinski definition) is 2. The van der Waals surface area contributed by atoms with E-state index in [2.05, 4.69) is 21.6 Å². The zero-order valence-corrected chi connectivity index (χ0v) is 20.9. The van der Waals surface area contributed by atoms with Gasteiger partial charge in [-0.05, 0) is 75.7 Å². The zero-order valence-electron chi connectivity index (χ0n) is 19.3. The molecule has 0 radical (unpaired) electrons. The van der Waals surface area contributed by atoms with Gasteiger partial charge in [-0.3, -0.25) is 4.79 Å². The van der Waals surface area contributed by atoms with Crippen LogP contribution in [0.5, 0.6) is 5.75 Å². The monoisotopic (exact) mass is 483 g/mol. The van der Waals surface area contributed by atoms with Gasteiger partial charge in [0.1, 0.15) is 11.7 Å². The highest BCUT2D eigenvalue weighted by atomic mass is 35.5. The van der Waals surface area contributed by atoms with E-state index in [-0.39, 0.29) is 18.0 Å². The van der Waals surface area contributed by atoms with Crippen molar-refractivity contribution >= 4 is 40.5 Å². The molecule has 1 saturated carbocycles. The van der Waals surface area contributed by atoms with Gasteiger partial charge in [-0.15, -0.1) is 0 Å². The molecular formula is C26H30ClN3O2S. The number of nitrogens with one attached hydrogen (secondary N) is 2. The molecule has 2 heterocycles. The molecular weight excluding hydrogens is 454 g/mol. The van der Waals surface area contributed by atoms with Crippen LogP contribution in [0.15, 0.2) is 36.4 Å². The second kappa shape index (κ2) is 8.48. The van der Waals surface area contributed by atoms with Crippen LogP contribution >= 0.6 is 23.8 Å². The minimum absolute atomic E-state index is 0.0871. The van der Waals surface area contributed by atoms with Gasteiger partial charge in [0.15, 0.2) is 10.8 Å². The van der Waals surface area contributed by atoms with E-state index in [0.29, 0.717) is 10.1 Å². The van der Waals surface area contributed by atoms with E-state index in [4.69, 9.17) is 28.6 Å². The third-order valence-electron chi connectivity index (χ3n) is 7.37. The number of nitrogens with zero attached hydrogens (tertiary/aromatic N) is 1. The Morgan fingerprint density at radius 3 is 2.67 bits per heavy atom. The van der Waals surface area contributed by atoms with Gasteiger partial charge in [-0.25, -0.2) is 0 Å². The van der Waals surface area contributed by atoms with E-state index >= 15 is 0 Å². The number of thiocarbonyl (C=S) groups is 1. The maximum absolute atomic E-state index is 13.9. The van der Waals surface area contributed by atoms with Crippen LogP contribution in [0.2, 0.25) is 5.02 Å². The summed E-state index contributed by atoms with van der Waals surface area (Å²) < 4.78 is 6.68. The molecule has 2 bridgehead atoms. The van der Waals surface area contributed by atoms with Gasteiger partial charge in [0, 0.05) is 22.3 Å². The Kier molecular flexibility index (Phi) is 5.78. The minimum atomic E-state index is -0.904. The number of benzene rings is 2. The molecule has 1 amide bonds. The molecule has 3 atom stereocenters. The molecule has 5 rings (SSSR count). The van der Waals surface area contributed by atoms with E-state index in [9.17, 15) is 4.79 Å². The number of ether oxygens (including phenoxy) is 1. The number of carbonyl (C=O) groups is 1. The van der Waals surface area contributed by atoms with E-state index in [0.717, 1.165) is 53.8 Å². The molecule has 1 aliphatic carbocycles. The smallest absolute Gasteiger partial charge is 0.236 e. The second-order valence-electron chi connectivity index (χ2n) is 9.71. The lowest BCUT2D eigenvalue weighted by Crippen LogP contribution is -2.73. The van der Waals surface area contributed by atoms with Crippen molar-refractivity contribution in [1.29, 1.82) is 0 Å². The minimum Gasteiger partial charge on any atom is -0.467 e. The lowest BCUT2D eigenvalue weighted by Gasteiger charge is -2.58. The number of hydrogen-bond acceptors (Lipinski definition) is 3. The van der Waals surface area contributed by atoms with Crippen LogP contribution in [0.4, 0.5) is 5.69 Å². The van der Waals surface area contributed by atoms with E-state index in [1.165, 1.54) is 6.42 Å². The van der Waals surface area contributed by atoms with Crippen LogP contribution in [0, 0.1) is 19.8 Å². The summed E-state index contributed by atoms with van der Waals surface area (Å²) in [7, 11) is 0. The van der Waals surface area contributed by atoms with Crippen molar-refractivity contribution in [3.05, 3.63) is 58.1 Å². The summed E-state index contributed by atoms with van der Waals surface area (Å²) in [5.41, 5.74) is 2.97. The van der Waals surface area contributed by atoms with Crippen LogP contribution in [0.1, 0.15) is 61.8 Å². The van der Waals surface area contributed by atoms with Crippen LogP contribution in [0.25, 0.3) is 0 Å². The summed E-state index contributed by atoms with van der Waals surface area (Å²) in [5.74, 6) is 0.145. The molecule has 7 heteroatoms. The molecule has 174 valence electrons. The Hall–Kier alpha value is -2.31. The van der Waals surface area contributed by atoms with Crippen LogP contribution in [0.3, 0.4) is 0 Å². The quantitative estimate of drug-likeness (QED) is 0.533. The molecule has 2 aromatic rings. The molecule has 0 spiro atoms. The standard InChI is InChI=1S/C26H30ClN3O2S/c1-15-9-11-20(16(2)13-15)28-24(31)22-23-19-14-17(27)10-12-21(19)32-26(22,3)30(25(33)29-23)18-7-5-4-6-8-18/h9-14,18,22-23H,4-8H2,1-3H3,(H,28,31)(H,29,33). The Bertz CT molecular complexity index is 1120. The van der Waals surface area contributed by atoms with Gasteiger partial charge in [0.25, 0.3) is 0 Å². The molecule has 3 unspecified atom stereocenters. The third-order valence-corrected chi connectivity index (χ3v) is 7.92. The Morgan fingerprint density at radius 2 is 1.94 bits per heavy atom. The van der Waals surface area contributed by atoms with Gasteiger partial charge < -0.3 is 20.3 Å². The summed E-state index contributed by atoms with van der Waals surface area (Å²) >= 11 is 12.2. The normalized spacial score (nSPS) is 26.8. The molecule has 1 saturated heterocycles. The average molecular weight is 484 g/mol. The van der Waals surface area contributed by atoms with Crippen molar-refractivity contribution in [2.75, 3.05) is 5.32 Å². The Labute approximate surface area is 205 Å². The molecule has 33 heavy (non-hydrogen) atoms. The van der Waals surface area contributed by atoms with Gasteiger partial charge >= 0.3 is 0 Å². The van der Waals surface area contributed by atoms with Crippen molar-refractivity contribution in [3.8, 4) is 5.75 Å². The van der Waals surface area contributed by atoms with Crippen LogP contribution in [-0.2, 0) is 4.79 Å². The van der Waals surface area contributed by atoms with Crippen molar-refractivity contribution < 1.29 is 9.53 Å². The van der Waals surface area contributed by atoms with E-state index in [1.54, 1.807) is 0 Å². The molecule has 2 fully saturated rings. The van der Waals surface area contributed by atoms with Gasteiger partial charge in [-0.2, -0.15) is 0 Å². The fourth-order valence-corrected chi connectivity index (χ4v) is 6.46. The van der Waals surface area contributed by atoms with Crippen molar-refractivity contribution in [3.63, 3.8) is 0 Å². The number of aryl methyl sites for hydroxylation is 2. The topological polar surface area (TPSA) is 53.6 Å². The fourth-order valence-electron chi connectivity index (χ4n) is 5.82. The van der Waals surface area contributed by atoms with E-state index in [1.807, 2.05) is 51.1 Å². The predicted molar refractivity (Wildman–Crippen MR) is 136 cm³/mol. The average Bonchev–Trinajstić information content (AvgIpc) is 2.76. The summed E-state index contributed by atoms with van der Waals surface area (Å²) in [4.78, 5) is 16.1. The molecule has 2 aliphatic heterocycles. The first-order valence-electron chi connectivity index (χ1n) is 11.7. The van der Waals surface area contributed by atoms with Crippen molar-refractivity contribution in [2.45, 2.75) is 70.7 Å². The first-order chi connectivity index (χ1) is 15.8. The maximum Gasteiger partial charge on any atom is 0.236 e. The number of halogens is 1. The van der Waals surface area contributed by atoms with Crippen LogP contribution < -0.4 is 15.4 Å². The highest BCUT2D eigenvalue weighted by molar-refractivity contribution is 7.80. The fraction of sp³-hybridized carbons (Fsp3) is 0.462. The second-order valence-corrected chi connectivity index (χ2v) is 10.5. The van der Waals surface area contributed by atoms with Gasteiger partial charge in [0.2, 0.25) is 5.91 Å². The Morgan fingerprint density at radius 1 is 1.18 bits per heavy atom. The summed E-state index contributed by atoms with van der Waals surface area (Å²) in [6.45, 7) is 6.08. The maximum atomic E-state index is 13.9. The number of amides is 1.